The van der Waals surface area contributed by atoms with E-state index in [9.17, 15) is 9.18 Å². The van der Waals surface area contributed by atoms with E-state index in [0.29, 0.717) is 19.6 Å². The molecular formula is C24H27FN2O. The van der Waals surface area contributed by atoms with Gasteiger partial charge in [-0.15, -0.1) is 0 Å². The lowest BCUT2D eigenvalue weighted by Gasteiger charge is -2.30. The lowest BCUT2D eigenvalue weighted by molar-refractivity contribution is -0.140. The van der Waals surface area contributed by atoms with Gasteiger partial charge in [0.25, 0.3) is 0 Å². The van der Waals surface area contributed by atoms with Crippen LogP contribution in [-0.4, -0.2) is 15.4 Å². The highest BCUT2D eigenvalue weighted by atomic mass is 19.1. The smallest absolute Gasteiger partial charge is 0.228 e. The van der Waals surface area contributed by atoms with Crippen molar-refractivity contribution in [3.63, 3.8) is 0 Å². The van der Waals surface area contributed by atoms with Gasteiger partial charge in [-0.2, -0.15) is 0 Å². The third kappa shape index (κ3) is 5.10. The molecular weight excluding hydrogens is 351 g/mol. The Bertz CT molecular complexity index is 908. The molecule has 0 aliphatic heterocycles. The van der Waals surface area contributed by atoms with Crippen LogP contribution in [0.4, 0.5) is 4.39 Å². The molecule has 0 saturated heterocycles. The van der Waals surface area contributed by atoms with Crippen LogP contribution in [0.15, 0.2) is 72.9 Å². The van der Waals surface area contributed by atoms with E-state index in [1.165, 1.54) is 12.1 Å². The third-order valence-corrected chi connectivity index (χ3v) is 4.69. The zero-order valence-electron chi connectivity index (χ0n) is 16.7. The summed E-state index contributed by atoms with van der Waals surface area (Å²) in [5.41, 5.74) is 2.73. The van der Waals surface area contributed by atoms with E-state index in [-0.39, 0.29) is 11.7 Å². The molecule has 4 heteroatoms. The number of benzene rings is 2. The molecule has 0 spiro atoms. The standard InChI is InChI=1S/C24H27FN2O/c1-24(2,3)23(28)27(17-19-8-5-4-6-9-19)18-22-10-7-15-26(22)16-20-11-13-21(25)14-12-20/h4-15H,16-18H2,1-3H3. The second kappa shape index (κ2) is 8.42. The van der Waals surface area contributed by atoms with Crippen molar-refractivity contribution in [2.45, 2.75) is 40.4 Å². The summed E-state index contributed by atoms with van der Waals surface area (Å²) in [6, 6.07) is 20.6. The first-order valence-corrected chi connectivity index (χ1v) is 9.55. The van der Waals surface area contributed by atoms with Crippen LogP contribution >= 0.6 is 0 Å². The minimum atomic E-state index is -0.455. The highest BCUT2D eigenvalue weighted by molar-refractivity contribution is 5.81. The van der Waals surface area contributed by atoms with Gasteiger partial charge in [-0.1, -0.05) is 63.2 Å². The average molecular weight is 378 g/mol. The fraction of sp³-hybridized carbons (Fsp3) is 0.292. The Morgan fingerprint density at radius 3 is 2.21 bits per heavy atom. The van der Waals surface area contributed by atoms with Crippen molar-refractivity contribution in [1.82, 2.24) is 9.47 Å². The Hall–Kier alpha value is -2.88. The maximum atomic E-state index is 13.2. The summed E-state index contributed by atoms with van der Waals surface area (Å²) < 4.78 is 15.3. The first-order chi connectivity index (χ1) is 13.3. The molecule has 2 aromatic carbocycles. The molecule has 1 amide bonds. The van der Waals surface area contributed by atoms with E-state index in [1.807, 2.05) is 74.3 Å². The van der Waals surface area contributed by atoms with Gasteiger partial charge in [0, 0.05) is 30.4 Å². The normalized spacial score (nSPS) is 11.4. The van der Waals surface area contributed by atoms with Gasteiger partial charge < -0.3 is 9.47 Å². The van der Waals surface area contributed by atoms with Crippen molar-refractivity contribution in [3.05, 3.63) is 95.6 Å². The molecule has 0 atom stereocenters. The second-order valence-electron chi connectivity index (χ2n) is 8.15. The Labute approximate surface area is 166 Å². The predicted octanol–water partition coefficient (Wildman–Crippen LogP) is 5.25. The van der Waals surface area contributed by atoms with Gasteiger partial charge in [0.05, 0.1) is 6.54 Å². The van der Waals surface area contributed by atoms with Gasteiger partial charge in [0.1, 0.15) is 5.82 Å². The zero-order chi connectivity index (χ0) is 20.1. The predicted molar refractivity (Wildman–Crippen MR) is 110 cm³/mol. The minimum absolute atomic E-state index is 0.117. The van der Waals surface area contributed by atoms with Crippen molar-refractivity contribution < 1.29 is 9.18 Å². The van der Waals surface area contributed by atoms with Crippen LogP contribution in [0.25, 0.3) is 0 Å². The zero-order valence-corrected chi connectivity index (χ0v) is 16.7. The number of amides is 1. The number of rotatable bonds is 6. The van der Waals surface area contributed by atoms with Gasteiger partial charge in [-0.05, 0) is 35.4 Å². The van der Waals surface area contributed by atoms with E-state index in [4.69, 9.17) is 0 Å². The number of carbonyl (C=O) groups excluding carboxylic acids is 1. The summed E-state index contributed by atoms with van der Waals surface area (Å²) in [5, 5.41) is 0. The lowest BCUT2D eigenvalue weighted by atomic mass is 9.94. The van der Waals surface area contributed by atoms with Gasteiger partial charge in [0.2, 0.25) is 5.91 Å². The lowest BCUT2D eigenvalue weighted by Crippen LogP contribution is -2.39. The van der Waals surface area contributed by atoms with E-state index in [2.05, 4.69) is 4.57 Å². The summed E-state index contributed by atoms with van der Waals surface area (Å²) in [4.78, 5) is 15.0. The van der Waals surface area contributed by atoms with E-state index in [1.54, 1.807) is 12.1 Å². The molecule has 3 aromatic rings. The molecule has 3 rings (SSSR count). The Morgan fingerprint density at radius 2 is 1.57 bits per heavy atom. The maximum absolute atomic E-state index is 13.2. The molecule has 0 aliphatic carbocycles. The van der Waals surface area contributed by atoms with Crippen LogP contribution in [0.1, 0.15) is 37.6 Å². The van der Waals surface area contributed by atoms with E-state index < -0.39 is 5.41 Å². The van der Waals surface area contributed by atoms with Crippen LogP contribution in [0.2, 0.25) is 0 Å². The first kappa shape index (κ1) is 19.9. The molecule has 3 nitrogen and oxygen atoms in total. The monoisotopic (exact) mass is 378 g/mol. The number of aromatic nitrogens is 1. The Morgan fingerprint density at radius 1 is 0.893 bits per heavy atom. The van der Waals surface area contributed by atoms with Crippen molar-refractivity contribution in [2.24, 2.45) is 5.41 Å². The quantitative estimate of drug-likeness (QED) is 0.575. The molecule has 1 aromatic heterocycles. The summed E-state index contributed by atoms with van der Waals surface area (Å²) in [6.45, 7) is 7.59. The van der Waals surface area contributed by atoms with Crippen molar-refractivity contribution in [2.75, 3.05) is 0 Å². The molecule has 0 bridgehead atoms. The number of hydrogen-bond acceptors (Lipinski definition) is 1. The number of halogens is 1. The summed E-state index contributed by atoms with van der Waals surface area (Å²) in [7, 11) is 0. The van der Waals surface area contributed by atoms with Gasteiger partial charge in [0.15, 0.2) is 0 Å². The van der Waals surface area contributed by atoms with Crippen LogP contribution in [-0.2, 0) is 24.4 Å². The van der Waals surface area contributed by atoms with Crippen LogP contribution in [0.3, 0.4) is 0 Å². The van der Waals surface area contributed by atoms with Gasteiger partial charge in [-0.25, -0.2) is 4.39 Å². The second-order valence-corrected chi connectivity index (χ2v) is 8.15. The van der Waals surface area contributed by atoms with Gasteiger partial charge in [-0.3, -0.25) is 4.79 Å². The Kier molecular flexibility index (Phi) is 5.98. The highest BCUT2D eigenvalue weighted by Gasteiger charge is 2.28. The molecule has 28 heavy (non-hydrogen) atoms. The Balaban J connectivity index is 1.82. The number of nitrogens with zero attached hydrogens (tertiary/aromatic N) is 2. The summed E-state index contributed by atoms with van der Waals surface area (Å²) >= 11 is 0. The summed E-state index contributed by atoms with van der Waals surface area (Å²) in [5.74, 6) is -0.118. The van der Waals surface area contributed by atoms with Crippen LogP contribution in [0, 0.1) is 11.2 Å². The van der Waals surface area contributed by atoms with Crippen LogP contribution < -0.4 is 0 Å². The molecule has 0 fully saturated rings. The van der Waals surface area contributed by atoms with Crippen LogP contribution in [0.5, 0.6) is 0 Å². The van der Waals surface area contributed by atoms with Gasteiger partial charge >= 0.3 is 0 Å². The fourth-order valence-electron chi connectivity index (χ4n) is 3.21. The van der Waals surface area contributed by atoms with Crippen molar-refractivity contribution in [1.29, 1.82) is 0 Å². The fourth-order valence-corrected chi connectivity index (χ4v) is 3.21. The average Bonchev–Trinajstić information content (AvgIpc) is 3.09. The van der Waals surface area contributed by atoms with E-state index >= 15 is 0 Å². The molecule has 0 N–H and O–H groups in total. The molecule has 0 aliphatic rings. The SMILES string of the molecule is CC(C)(C)C(=O)N(Cc1ccccc1)Cc1cccn1Cc1ccc(F)cc1. The van der Waals surface area contributed by atoms with Crippen molar-refractivity contribution in [3.8, 4) is 0 Å². The minimum Gasteiger partial charge on any atom is -0.345 e. The maximum Gasteiger partial charge on any atom is 0.228 e. The number of hydrogen-bond donors (Lipinski definition) is 0. The topological polar surface area (TPSA) is 25.2 Å². The molecule has 146 valence electrons. The molecule has 0 radical (unpaired) electrons. The van der Waals surface area contributed by atoms with Crippen molar-refractivity contribution >= 4 is 5.91 Å². The molecule has 0 unspecified atom stereocenters. The first-order valence-electron chi connectivity index (χ1n) is 9.55. The largest absolute Gasteiger partial charge is 0.345 e. The molecule has 1 heterocycles. The highest BCUT2D eigenvalue weighted by Crippen LogP contribution is 2.22. The third-order valence-electron chi connectivity index (χ3n) is 4.69. The summed E-state index contributed by atoms with van der Waals surface area (Å²) in [6.07, 6.45) is 2.00. The number of carbonyl (C=O) groups is 1. The molecule has 0 saturated carbocycles. The van der Waals surface area contributed by atoms with E-state index in [0.717, 1.165) is 16.8 Å².